The Morgan fingerprint density at radius 2 is 1.76 bits per heavy atom. The number of aromatic amines is 1. The fourth-order valence-corrected chi connectivity index (χ4v) is 2.04. The van der Waals surface area contributed by atoms with Crippen LogP contribution in [0.15, 0.2) is 60.9 Å². The minimum atomic E-state index is 0.0584. The Bertz CT molecular complexity index is 663. The summed E-state index contributed by atoms with van der Waals surface area (Å²) in [7, 11) is 0. The molecule has 2 nitrogen and oxygen atoms in total. The third-order valence-corrected chi connectivity index (χ3v) is 2.89. The Kier molecular flexibility index (Phi) is 2.26. The number of nitrogens with one attached hydrogen (secondary N) is 1. The first-order chi connectivity index (χ1) is 8.36. The van der Waals surface area contributed by atoms with Gasteiger partial charge >= 0.3 is 0 Å². The van der Waals surface area contributed by atoms with Crippen LogP contribution < -0.4 is 0 Å². The fourth-order valence-electron chi connectivity index (χ4n) is 2.04. The molecular formula is C15H11NO. The molecule has 3 aromatic rings. The van der Waals surface area contributed by atoms with Gasteiger partial charge in [0.2, 0.25) is 0 Å². The van der Waals surface area contributed by atoms with Gasteiger partial charge in [-0.25, -0.2) is 0 Å². The zero-order chi connectivity index (χ0) is 11.7. The molecule has 0 atom stereocenters. The highest BCUT2D eigenvalue weighted by Gasteiger charge is 2.11. The van der Waals surface area contributed by atoms with Crippen molar-refractivity contribution in [1.29, 1.82) is 0 Å². The third kappa shape index (κ3) is 1.64. The molecule has 1 heterocycles. The van der Waals surface area contributed by atoms with Crippen molar-refractivity contribution in [3.63, 3.8) is 0 Å². The van der Waals surface area contributed by atoms with Crippen molar-refractivity contribution in [2.24, 2.45) is 0 Å². The quantitative estimate of drug-likeness (QED) is 0.661. The molecule has 0 bridgehead atoms. The van der Waals surface area contributed by atoms with E-state index in [0.717, 1.165) is 16.3 Å². The summed E-state index contributed by atoms with van der Waals surface area (Å²) in [6.45, 7) is 0. The Morgan fingerprint density at radius 1 is 0.941 bits per heavy atom. The molecule has 3 rings (SSSR count). The van der Waals surface area contributed by atoms with E-state index >= 15 is 0 Å². The van der Waals surface area contributed by atoms with Gasteiger partial charge in [-0.3, -0.25) is 4.79 Å². The second-order valence-corrected chi connectivity index (χ2v) is 3.96. The van der Waals surface area contributed by atoms with Crippen LogP contribution in [-0.4, -0.2) is 10.8 Å². The number of hydrogen-bond donors (Lipinski definition) is 1. The number of fused-ring (bicyclic) bond motifs is 1. The first kappa shape index (κ1) is 9.85. The highest BCUT2D eigenvalue weighted by atomic mass is 16.1. The summed E-state index contributed by atoms with van der Waals surface area (Å²) < 4.78 is 0. The standard InChI is InChI=1S/C15H11NO/c17-15(12-8-9-16-10-12)14-7-3-5-11-4-1-2-6-13(11)14/h1-10,16H. The number of H-pyrrole nitrogens is 1. The molecule has 0 radical (unpaired) electrons. The van der Waals surface area contributed by atoms with Crippen molar-refractivity contribution in [3.8, 4) is 0 Å². The average Bonchev–Trinajstić information content (AvgIpc) is 2.91. The van der Waals surface area contributed by atoms with Crippen LogP contribution in [0.5, 0.6) is 0 Å². The van der Waals surface area contributed by atoms with E-state index in [9.17, 15) is 4.79 Å². The van der Waals surface area contributed by atoms with Crippen LogP contribution in [0.2, 0.25) is 0 Å². The Balaban J connectivity index is 2.21. The maximum Gasteiger partial charge on any atom is 0.195 e. The number of hydrogen-bond acceptors (Lipinski definition) is 1. The van der Waals surface area contributed by atoms with E-state index in [1.807, 2.05) is 42.5 Å². The van der Waals surface area contributed by atoms with E-state index in [2.05, 4.69) is 4.98 Å². The van der Waals surface area contributed by atoms with Crippen LogP contribution in [0.25, 0.3) is 10.8 Å². The van der Waals surface area contributed by atoms with Gasteiger partial charge in [0.15, 0.2) is 5.78 Å². The molecule has 2 heteroatoms. The van der Waals surface area contributed by atoms with Gasteiger partial charge in [0.05, 0.1) is 0 Å². The summed E-state index contributed by atoms with van der Waals surface area (Å²) in [5.41, 5.74) is 1.45. The van der Waals surface area contributed by atoms with Crippen LogP contribution in [0.4, 0.5) is 0 Å². The van der Waals surface area contributed by atoms with Crippen LogP contribution in [-0.2, 0) is 0 Å². The average molecular weight is 221 g/mol. The number of ketones is 1. The van der Waals surface area contributed by atoms with Crippen molar-refractivity contribution in [1.82, 2.24) is 4.98 Å². The van der Waals surface area contributed by atoms with E-state index in [1.54, 1.807) is 18.5 Å². The summed E-state index contributed by atoms with van der Waals surface area (Å²) in [6.07, 6.45) is 3.49. The number of carbonyl (C=O) groups is 1. The number of carbonyl (C=O) groups excluding carboxylic acids is 1. The van der Waals surface area contributed by atoms with Gasteiger partial charge in [-0.05, 0) is 16.8 Å². The number of benzene rings is 2. The van der Waals surface area contributed by atoms with Crippen molar-refractivity contribution in [2.75, 3.05) is 0 Å². The second kappa shape index (κ2) is 3.91. The van der Waals surface area contributed by atoms with E-state index in [-0.39, 0.29) is 5.78 Å². The Labute approximate surface area is 98.9 Å². The lowest BCUT2D eigenvalue weighted by Gasteiger charge is -2.04. The molecule has 17 heavy (non-hydrogen) atoms. The molecule has 1 aromatic heterocycles. The van der Waals surface area contributed by atoms with Crippen molar-refractivity contribution >= 4 is 16.6 Å². The third-order valence-electron chi connectivity index (χ3n) is 2.89. The molecule has 0 spiro atoms. The van der Waals surface area contributed by atoms with Gasteiger partial charge in [0, 0.05) is 23.5 Å². The van der Waals surface area contributed by atoms with E-state index in [4.69, 9.17) is 0 Å². The number of rotatable bonds is 2. The molecule has 82 valence electrons. The molecule has 0 aliphatic carbocycles. The van der Waals surface area contributed by atoms with Crippen LogP contribution in [0.3, 0.4) is 0 Å². The normalized spacial score (nSPS) is 10.6. The highest BCUT2D eigenvalue weighted by Crippen LogP contribution is 2.21. The number of aromatic nitrogens is 1. The summed E-state index contributed by atoms with van der Waals surface area (Å²) >= 11 is 0. The lowest BCUT2D eigenvalue weighted by Crippen LogP contribution is -2.00. The van der Waals surface area contributed by atoms with E-state index in [1.165, 1.54) is 0 Å². The van der Waals surface area contributed by atoms with Gasteiger partial charge in [0.1, 0.15) is 0 Å². The topological polar surface area (TPSA) is 32.9 Å². The van der Waals surface area contributed by atoms with Gasteiger partial charge in [-0.1, -0.05) is 42.5 Å². The van der Waals surface area contributed by atoms with Crippen LogP contribution in [0.1, 0.15) is 15.9 Å². The SMILES string of the molecule is O=C(c1cc[nH]c1)c1cccc2ccccc12. The van der Waals surface area contributed by atoms with Crippen molar-refractivity contribution in [3.05, 3.63) is 72.1 Å². The summed E-state index contributed by atoms with van der Waals surface area (Å²) in [5.74, 6) is 0.0584. The smallest absolute Gasteiger partial charge is 0.195 e. The summed E-state index contributed by atoms with van der Waals surface area (Å²) in [4.78, 5) is 15.2. The van der Waals surface area contributed by atoms with Crippen LogP contribution in [0, 0.1) is 0 Å². The molecule has 0 amide bonds. The van der Waals surface area contributed by atoms with Crippen molar-refractivity contribution in [2.45, 2.75) is 0 Å². The lowest BCUT2D eigenvalue weighted by atomic mass is 9.99. The molecule has 2 aromatic carbocycles. The zero-order valence-electron chi connectivity index (χ0n) is 9.18. The Morgan fingerprint density at radius 3 is 2.59 bits per heavy atom. The molecule has 0 saturated heterocycles. The molecular weight excluding hydrogens is 210 g/mol. The van der Waals surface area contributed by atoms with Gasteiger partial charge in [-0.15, -0.1) is 0 Å². The zero-order valence-corrected chi connectivity index (χ0v) is 9.18. The molecule has 0 fully saturated rings. The molecule has 0 aliphatic rings. The highest BCUT2D eigenvalue weighted by molar-refractivity contribution is 6.16. The predicted molar refractivity (Wildman–Crippen MR) is 68.2 cm³/mol. The first-order valence-corrected chi connectivity index (χ1v) is 5.51. The second-order valence-electron chi connectivity index (χ2n) is 3.96. The van der Waals surface area contributed by atoms with Gasteiger partial charge in [0.25, 0.3) is 0 Å². The monoisotopic (exact) mass is 221 g/mol. The predicted octanol–water partition coefficient (Wildman–Crippen LogP) is 3.40. The van der Waals surface area contributed by atoms with Gasteiger partial charge < -0.3 is 4.98 Å². The minimum absolute atomic E-state index is 0.0584. The van der Waals surface area contributed by atoms with Crippen molar-refractivity contribution < 1.29 is 4.79 Å². The minimum Gasteiger partial charge on any atom is -0.367 e. The van der Waals surface area contributed by atoms with Gasteiger partial charge in [-0.2, -0.15) is 0 Å². The largest absolute Gasteiger partial charge is 0.367 e. The van der Waals surface area contributed by atoms with E-state index < -0.39 is 0 Å². The molecule has 1 N–H and O–H groups in total. The first-order valence-electron chi connectivity index (χ1n) is 5.51. The van der Waals surface area contributed by atoms with E-state index in [0.29, 0.717) is 5.56 Å². The molecule has 0 unspecified atom stereocenters. The molecule has 0 aliphatic heterocycles. The Hall–Kier alpha value is -2.35. The fraction of sp³-hybridized carbons (Fsp3) is 0. The summed E-state index contributed by atoms with van der Waals surface area (Å²) in [6, 6.07) is 15.5. The lowest BCUT2D eigenvalue weighted by molar-refractivity contribution is 0.104. The van der Waals surface area contributed by atoms with Crippen LogP contribution >= 0.6 is 0 Å². The molecule has 0 saturated carbocycles. The maximum absolute atomic E-state index is 12.3. The maximum atomic E-state index is 12.3. The summed E-state index contributed by atoms with van der Waals surface area (Å²) in [5, 5.41) is 2.09.